The lowest BCUT2D eigenvalue weighted by atomic mass is 9.49. The summed E-state index contributed by atoms with van der Waals surface area (Å²) in [6.07, 6.45) is 8.69. The van der Waals surface area contributed by atoms with Gasteiger partial charge < -0.3 is 10.6 Å². The van der Waals surface area contributed by atoms with Gasteiger partial charge in [-0.2, -0.15) is 0 Å². The Morgan fingerprint density at radius 1 is 1.17 bits per heavy atom. The molecule has 124 valence electrons. The molecule has 0 saturated heterocycles. The number of rotatable bonds is 3. The molecule has 4 saturated carbocycles. The summed E-state index contributed by atoms with van der Waals surface area (Å²) in [6.45, 7) is 3.10. The van der Waals surface area contributed by atoms with E-state index in [0.29, 0.717) is 5.41 Å². The number of thiocarbonyl (C=S) groups is 1. The Morgan fingerprint density at radius 2 is 1.78 bits per heavy atom. The third-order valence-corrected chi connectivity index (χ3v) is 6.72. The zero-order valence-corrected chi connectivity index (χ0v) is 15.3. The minimum absolute atomic E-state index is 0.504. The van der Waals surface area contributed by atoms with Crippen molar-refractivity contribution in [3.8, 4) is 0 Å². The van der Waals surface area contributed by atoms with Crippen molar-refractivity contribution in [1.82, 2.24) is 5.32 Å². The van der Waals surface area contributed by atoms with Gasteiger partial charge in [-0.25, -0.2) is 0 Å². The zero-order valence-electron chi connectivity index (χ0n) is 13.7. The minimum Gasteiger partial charge on any atom is -0.362 e. The third-order valence-electron chi connectivity index (χ3n) is 6.24. The molecule has 0 amide bonds. The quantitative estimate of drug-likeness (QED) is 0.738. The minimum atomic E-state index is 0.504. The van der Waals surface area contributed by atoms with Gasteiger partial charge in [-0.05, 0) is 98.5 Å². The highest BCUT2D eigenvalue weighted by Crippen LogP contribution is 2.59. The summed E-state index contributed by atoms with van der Waals surface area (Å²) in [5.74, 6) is 2.96. The maximum Gasteiger partial charge on any atom is 0.170 e. The predicted molar refractivity (Wildman–Crippen MR) is 101 cm³/mol. The van der Waals surface area contributed by atoms with Gasteiger partial charge in [0.15, 0.2) is 5.11 Å². The molecule has 0 aromatic heterocycles. The SMILES string of the molecule is Cc1ccc(Cl)cc1NC(=S)NCC12CC3CC(CC(C3)C1)C2. The van der Waals surface area contributed by atoms with E-state index in [-0.39, 0.29) is 0 Å². The molecule has 4 bridgehead atoms. The predicted octanol–water partition coefficient (Wildman–Crippen LogP) is 5.15. The second kappa shape index (κ2) is 5.93. The van der Waals surface area contributed by atoms with E-state index in [1.54, 1.807) is 0 Å². The van der Waals surface area contributed by atoms with Crippen molar-refractivity contribution in [2.75, 3.05) is 11.9 Å². The molecular weight excluding hydrogens is 324 g/mol. The summed E-state index contributed by atoms with van der Waals surface area (Å²) < 4.78 is 0. The topological polar surface area (TPSA) is 24.1 Å². The smallest absolute Gasteiger partial charge is 0.170 e. The van der Waals surface area contributed by atoms with Crippen molar-refractivity contribution in [2.45, 2.75) is 45.4 Å². The molecule has 1 aromatic rings. The maximum atomic E-state index is 6.08. The van der Waals surface area contributed by atoms with Crippen LogP contribution in [0.3, 0.4) is 0 Å². The second-order valence-corrected chi connectivity index (χ2v) is 9.03. The number of nitrogens with one attached hydrogen (secondary N) is 2. The Hall–Kier alpha value is -0.800. The molecule has 23 heavy (non-hydrogen) atoms. The molecule has 0 radical (unpaired) electrons. The summed E-state index contributed by atoms with van der Waals surface area (Å²) in [5.41, 5.74) is 2.66. The number of benzene rings is 1. The monoisotopic (exact) mass is 348 g/mol. The van der Waals surface area contributed by atoms with E-state index < -0.39 is 0 Å². The lowest BCUT2D eigenvalue weighted by Crippen LogP contribution is -2.51. The van der Waals surface area contributed by atoms with Crippen molar-refractivity contribution in [3.05, 3.63) is 28.8 Å². The van der Waals surface area contributed by atoms with Gasteiger partial charge in [0.25, 0.3) is 0 Å². The highest BCUT2D eigenvalue weighted by atomic mass is 35.5. The van der Waals surface area contributed by atoms with Crippen molar-refractivity contribution in [2.24, 2.45) is 23.2 Å². The molecular formula is C19H25ClN2S. The van der Waals surface area contributed by atoms with E-state index in [1.165, 1.54) is 38.5 Å². The number of halogens is 1. The molecule has 4 aliphatic carbocycles. The first-order valence-corrected chi connectivity index (χ1v) is 9.61. The summed E-state index contributed by atoms with van der Waals surface area (Å²) in [7, 11) is 0. The van der Waals surface area contributed by atoms with Crippen LogP contribution in [0.15, 0.2) is 18.2 Å². The van der Waals surface area contributed by atoms with Crippen LogP contribution in [0.4, 0.5) is 5.69 Å². The van der Waals surface area contributed by atoms with Gasteiger partial charge in [0.05, 0.1) is 0 Å². The Kier molecular flexibility index (Phi) is 4.05. The number of hydrogen-bond donors (Lipinski definition) is 2. The van der Waals surface area contributed by atoms with E-state index in [1.807, 2.05) is 18.2 Å². The summed E-state index contributed by atoms with van der Waals surface area (Å²) in [5, 5.41) is 8.30. The van der Waals surface area contributed by atoms with Crippen LogP contribution in [0.5, 0.6) is 0 Å². The first-order chi connectivity index (χ1) is 11.0. The molecule has 5 rings (SSSR count). The zero-order chi connectivity index (χ0) is 16.0. The van der Waals surface area contributed by atoms with Gasteiger partial charge in [-0.15, -0.1) is 0 Å². The number of aryl methyl sites for hydroxylation is 1. The molecule has 0 aliphatic heterocycles. The molecule has 1 aromatic carbocycles. The fraction of sp³-hybridized carbons (Fsp3) is 0.632. The van der Waals surface area contributed by atoms with Crippen LogP contribution in [0.25, 0.3) is 0 Å². The molecule has 2 N–H and O–H groups in total. The molecule has 0 atom stereocenters. The van der Waals surface area contributed by atoms with E-state index in [9.17, 15) is 0 Å². The lowest BCUT2D eigenvalue weighted by molar-refractivity contribution is -0.0490. The van der Waals surface area contributed by atoms with Crippen LogP contribution < -0.4 is 10.6 Å². The fourth-order valence-electron chi connectivity index (χ4n) is 5.67. The molecule has 4 fully saturated rings. The molecule has 0 unspecified atom stereocenters. The maximum absolute atomic E-state index is 6.08. The average molecular weight is 349 g/mol. The van der Waals surface area contributed by atoms with Crippen molar-refractivity contribution in [1.29, 1.82) is 0 Å². The average Bonchev–Trinajstić information content (AvgIpc) is 2.48. The Balaban J connectivity index is 1.37. The highest BCUT2D eigenvalue weighted by Gasteiger charge is 2.50. The standard InChI is InChI=1S/C19H25ClN2S/c1-12-2-3-16(20)7-17(12)22-18(23)21-11-19-8-13-4-14(9-19)6-15(5-13)10-19/h2-3,7,13-15H,4-6,8-11H2,1H3,(H2,21,22,23). The summed E-state index contributed by atoms with van der Waals surface area (Å²) in [4.78, 5) is 0. The van der Waals surface area contributed by atoms with E-state index in [4.69, 9.17) is 23.8 Å². The van der Waals surface area contributed by atoms with Crippen LogP contribution >= 0.6 is 23.8 Å². The third kappa shape index (κ3) is 3.23. The number of anilines is 1. The molecule has 0 spiro atoms. The van der Waals surface area contributed by atoms with Gasteiger partial charge in [0, 0.05) is 17.3 Å². The summed E-state index contributed by atoms with van der Waals surface area (Å²) >= 11 is 11.6. The van der Waals surface area contributed by atoms with Gasteiger partial charge in [-0.1, -0.05) is 17.7 Å². The Labute approximate surface area is 149 Å². The Bertz CT molecular complexity index is 593. The molecule has 4 heteroatoms. The first-order valence-electron chi connectivity index (χ1n) is 8.82. The van der Waals surface area contributed by atoms with Gasteiger partial charge in [0.1, 0.15) is 0 Å². The van der Waals surface area contributed by atoms with Gasteiger partial charge >= 0.3 is 0 Å². The van der Waals surface area contributed by atoms with Crippen molar-refractivity contribution < 1.29 is 0 Å². The number of hydrogen-bond acceptors (Lipinski definition) is 1. The van der Waals surface area contributed by atoms with Crippen molar-refractivity contribution in [3.63, 3.8) is 0 Å². The molecule has 4 aliphatic rings. The van der Waals surface area contributed by atoms with Crippen LogP contribution in [0, 0.1) is 30.1 Å². The van der Waals surface area contributed by atoms with Crippen LogP contribution in [-0.4, -0.2) is 11.7 Å². The summed E-state index contributed by atoms with van der Waals surface area (Å²) in [6, 6.07) is 5.87. The second-order valence-electron chi connectivity index (χ2n) is 8.18. The molecule has 2 nitrogen and oxygen atoms in total. The van der Waals surface area contributed by atoms with Crippen molar-refractivity contribution >= 4 is 34.6 Å². The van der Waals surface area contributed by atoms with E-state index in [2.05, 4.69) is 17.6 Å². The molecule has 0 heterocycles. The fourth-order valence-corrected chi connectivity index (χ4v) is 6.02. The highest BCUT2D eigenvalue weighted by molar-refractivity contribution is 7.80. The van der Waals surface area contributed by atoms with Crippen LogP contribution in [0.2, 0.25) is 5.02 Å². The Morgan fingerprint density at radius 3 is 2.39 bits per heavy atom. The first kappa shape index (κ1) is 15.7. The normalized spacial score (nSPS) is 34.4. The van der Waals surface area contributed by atoms with Crippen LogP contribution in [-0.2, 0) is 0 Å². The van der Waals surface area contributed by atoms with Gasteiger partial charge in [-0.3, -0.25) is 0 Å². The van der Waals surface area contributed by atoms with E-state index in [0.717, 1.165) is 45.7 Å². The largest absolute Gasteiger partial charge is 0.362 e. The van der Waals surface area contributed by atoms with E-state index >= 15 is 0 Å². The lowest BCUT2D eigenvalue weighted by Gasteiger charge is -2.57. The van der Waals surface area contributed by atoms with Crippen LogP contribution in [0.1, 0.15) is 44.1 Å². The van der Waals surface area contributed by atoms with Gasteiger partial charge in [0.2, 0.25) is 0 Å².